The monoisotopic (exact) mass is 283 g/mol. The van der Waals surface area contributed by atoms with Gasteiger partial charge in [-0.25, -0.2) is 0 Å². The second-order valence-corrected chi connectivity index (χ2v) is 6.41. The molecule has 114 valence electrons. The van der Waals surface area contributed by atoms with Crippen LogP contribution in [0, 0.1) is 5.92 Å². The summed E-state index contributed by atoms with van der Waals surface area (Å²) in [7, 11) is 0. The number of hydrogen-bond donors (Lipinski definition) is 0. The molecule has 0 amide bonds. The number of hydrogen-bond acceptors (Lipinski definition) is 1. The van der Waals surface area contributed by atoms with Gasteiger partial charge in [-0.2, -0.15) is 0 Å². The van der Waals surface area contributed by atoms with Crippen molar-refractivity contribution < 1.29 is 0 Å². The van der Waals surface area contributed by atoms with E-state index in [0.717, 1.165) is 12.5 Å². The maximum atomic E-state index is 3.79. The van der Waals surface area contributed by atoms with Crippen LogP contribution in [-0.4, -0.2) is 24.5 Å². The molecular weight excluding hydrogens is 254 g/mol. The first-order chi connectivity index (χ1) is 10.2. The molecule has 1 saturated carbocycles. The predicted octanol–water partition coefficient (Wildman–Crippen LogP) is 5.05. The quantitative estimate of drug-likeness (QED) is 0.616. The Morgan fingerprint density at radius 2 is 2.14 bits per heavy atom. The molecule has 1 aliphatic heterocycles. The second-order valence-electron chi connectivity index (χ2n) is 6.41. The minimum atomic E-state index is 0.974. The Hall–Kier alpha value is -1.34. The third-order valence-electron chi connectivity index (χ3n) is 4.31. The maximum Gasteiger partial charge on any atom is 0.0236 e. The predicted molar refractivity (Wildman–Crippen MR) is 93.3 cm³/mol. The zero-order valence-electron chi connectivity index (χ0n) is 13.9. The van der Waals surface area contributed by atoms with Gasteiger partial charge < -0.3 is 0 Å². The first-order valence-electron chi connectivity index (χ1n) is 8.20. The molecule has 1 nitrogen and oxygen atoms in total. The van der Waals surface area contributed by atoms with Gasteiger partial charge in [0.1, 0.15) is 0 Å². The number of nitrogens with zero attached hydrogens (tertiary/aromatic N) is 1. The van der Waals surface area contributed by atoms with Crippen LogP contribution in [0.4, 0.5) is 0 Å². The average Bonchev–Trinajstić information content (AvgIpc) is 3.27. The fourth-order valence-electron chi connectivity index (χ4n) is 3.03. The van der Waals surface area contributed by atoms with Gasteiger partial charge in [-0.1, -0.05) is 42.5 Å². The van der Waals surface area contributed by atoms with Crippen molar-refractivity contribution >= 4 is 0 Å². The van der Waals surface area contributed by atoms with E-state index in [1.807, 2.05) is 12.2 Å². The highest BCUT2D eigenvalue weighted by Crippen LogP contribution is 2.32. The molecule has 0 unspecified atom stereocenters. The fourth-order valence-corrected chi connectivity index (χ4v) is 3.03. The van der Waals surface area contributed by atoms with Gasteiger partial charge in [0.05, 0.1) is 0 Å². The molecule has 1 heterocycles. The van der Waals surface area contributed by atoms with E-state index < -0.39 is 0 Å². The van der Waals surface area contributed by atoms with E-state index in [-0.39, 0.29) is 0 Å². The van der Waals surface area contributed by atoms with Crippen molar-refractivity contribution in [3.05, 3.63) is 59.3 Å². The Balaban J connectivity index is 2.15. The van der Waals surface area contributed by atoms with Gasteiger partial charge in [0, 0.05) is 19.6 Å². The largest absolute Gasteiger partial charge is 0.298 e. The van der Waals surface area contributed by atoms with Gasteiger partial charge in [0.25, 0.3) is 0 Å². The summed E-state index contributed by atoms with van der Waals surface area (Å²) >= 11 is 0. The van der Waals surface area contributed by atoms with E-state index in [4.69, 9.17) is 0 Å². The lowest BCUT2D eigenvalue weighted by Gasteiger charge is -2.29. The van der Waals surface area contributed by atoms with Crippen molar-refractivity contribution in [1.29, 1.82) is 0 Å². The minimum Gasteiger partial charge on any atom is -0.298 e. The third kappa shape index (κ3) is 4.57. The summed E-state index contributed by atoms with van der Waals surface area (Å²) < 4.78 is 0. The van der Waals surface area contributed by atoms with Crippen LogP contribution in [0.15, 0.2) is 59.3 Å². The molecular formula is C20H29N. The Kier molecular flexibility index (Phi) is 5.81. The molecule has 2 aliphatic rings. The molecule has 0 radical (unpaired) electrons. The normalized spacial score (nSPS) is 20.5. The summed E-state index contributed by atoms with van der Waals surface area (Å²) in [6.45, 7) is 14.0. The van der Waals surface area contributed by atoms with Crippen molar-refractivity contribution in [3.8, 4) is 0 Å². The summed E-state index contributed by atoms with van der Waals surface area (Å²) in [6.07, 6.45) is 14.8. The molecule has 1 fully saturated rings. The lowest BCUT2D eigenvalue weighted by molar-refractivity contribution is 0.280. The van der Waals surface area contributed by atoms with Gasteiger partial charge in [-0.15, -0.1) is 0 Å². The van der Waals surface area contributed by atoms with Crippen LogP contribution in [-0.2, 0) is 0 Å². The first-order valence-corrected chi connectivity index (χ1v) is 8.20. The van der Waals surface area contributed by atoms with E-state index in [0.29, 0.717) is 0 Å². The standard InChI is InChI=1S/C20H29N/c1-5-7-10-20(16(3)4)19(6-2)18-9-8-13-21(15-18)14-17-11-12-17/h5-7,9-10,17H,1,8,11-15H2,2-4H3/b10-7-,19-6-. The van der Waals surface area contributed by atoms with Crippen LogP contribution in [0.3, 0.4) is 0 Å². The summed E-state index contributed by atoms with van der Waals surface area (Å²) in [6, 6.07) is 0. The molecule has 2 rings (SSSR count). The topological polar surface area (TPSA) is 3.24 Å². The van der Waals surface area contributed by atoms with Gasteiger partial charge in [-0.05, 0) is 62.7 Å². The van der Waals surface area contributed by atoms with Crippen molar-refractivity contribution in [2.45, 2.75) is 40.0 Å². The minimum absolute atomic E-state index is 0.974. The lowest BCUT2D eigenvalue weighted by atomic mass is 9.91. The van der Waals surface area contributed by atoms with Crippen molar-refractivity contribution in [2.75, 3.05) is 19.6 Å². The Bertz CT molecular complexity index is 494. The van der Waals surface area contributed by atoms with Crippen molar-refractivity contribution in [1.82, 2.24) is 4.90 Å². The van der Waals surface area contributed by atoms with Crippen LogP contribution >= 0.6 is 0 Å². The van der Waals surface area contributed by atoms with Gasteiger partial charge in [0.2, 0.25) is 0 Å². The fraction of sp³-hybridized carbons (Fsp3) is 0.500. The smallest absolute Gasteiger partial charge is 0.0236 e. The van der Waals surface area contributed by atoms with Gasteiger partial charge >= 0.3 is 0 Å². The second kappa shape index (κ2) is 7.61. The SMILES string of the molecule is C=C/C=C\C(=C(C)C)/C(=C\C)C1=CCCN(CC2CC2)C1. The zero-order valence-corrected chi connectivity index (χ0v) is 13.9. The molecule has 21 heavy (non-hydrogen) atoms. The number of rotatable bonds is 6. The van der Waals surface area contributed by atoms with Gasteiger partial charge in [0.15, 0.2) is 0 Å². The van der Waals surface area contributed by atoms with Crippen LogP contribution in [0.5, 0.6) is 0 Å². The van der Waals surface area contributed by atoms with Crippen LogP contribution < -0.4 is 0 Å². The van der Waals surface area contributed by atoms with E-state index in [1.165, 1.54) is 54.6 Å². The van der Waals surface area contributed by atoms with Crippen LogP contribution in [0.25, 0.3) is 0 Å². The molecule has 0 aromatic rings. The summed E-state index contributed by atoms with van der Waals surface area (Å²) in [5.41, 5.74) is 5.60. The van der Waals surface area contributed by atoms with E-state index in [2.05, 4.69) is 50.5 Å². The third-order valence-corrected chi connectivity index (χ3v) is 4.31. The molecule has 0 saturated heterocycles. The summed E-state index contributed by atoms with van der Waals surface area (Å²) in [5.74, 6) is 0.974. The van der Waals surface area contributed by atoms with E-state index in [1.54, 1.807) is 0 Å². The molecule has 0 aromatic carbocycles. The summed E-state index contributed by atoms with van der Waals surface area (Å²) in [4.78, 5) is 2.64. The molecule has 0 N–H and O–H groups in total. The van der Waals surface area contributed by atoms with Crippen molar-refractivity contribution in [3.63, 3.8) is 0 Å². The molecule has 0 aromatic heterocycles. The van der Waals surface area contributed by atoms with E-state index in [9.17, 15) is 0 Å². The van der Waals surface area contributed by atoms with E-state index >= 15 is 0 Å². The summed E-state index contributed by atoms with van der Waals surface area (Å²) in [5, 5.41) is 0. The molecule has 1 heteroatoms. The van der Waals surface area contributed by atoms with Crippen LogP contribution in [0.1, 0.15) is 40.0 Å². The highest BCUT2D eigenvalue weighted by atomic mass is 15.1. The molecule has 0 spiro atoms. The Labute approximate surface area is 130 Å². The highest BCUT2D eigenvalue weighted by molar-refractivity contribution is 5.54. The Morgan fingerprint density at radius 1 is 1.38 bits per heavy atom. The highest BCUT2D eigenvalue weighted by Gasteiger charge is 2.26. The maximum absolute atomic E-state index is 3.79. The van der Waals surface area contributed by atoms with Crippen molar-refractivity contribution in [2.24, 2.45) is 5.92 Å². The Morgan fingerprint density at radius 3 is 2.71 bits per heavy atom. The lowest BCUT2D eigenvalue weighted by Crippen LogP contribution is -2.32. The molecule has 1 aliphatic carbocycles. The molecule has 0 bridgehead atoms. The average molecular weight is 283 g/mol. The zero-order chi connectivity index (χ0) is 15.2. The van der Waals surface area contributed by atoms with Crippen LogP contribution in [0.2, 0.25) is 0 Å². The van der Waals surface area contributed by atoms with Gasteiger partial charge in [-0.3, -0.25) is 4.90 Å². The number of allylic oxidation sites excluding steroid dienone is 6. The first kappa shape index (κ1) is 16.0. The molecule has 0 atom stereocenters.